The summed E-state index contributed by atoms with van der Waals surface area (Å²) < 4.78 is 0. The zero-order valence-corrected chi connectivity index (χ0v) is 15.0. The van der Waals surface area contributed by atoms with E-state index in [-0.39, 0.29) is 5.91 Å². The highest BCUT2D eigenvalue weighted by atomic mass is 35.5. The third-order valence-corrected chi connectivity index (χ3v) is 5.33. The van der Waals surface area contributed by atoms with Crippen molar-refractivity contribution >= 4 is 64.0 Å². The number of halogens is 2. The summed E-state index contributed by atoms with van der Waals surface area (Å²) in [7, 11) is 0. The van der Waals surface area contributed by atoms with E-state index >= 15 is 0 Å². The van der Waals surface area contributed by atoms with Crippen molar-refractivity contribution in [2.45, 2.75) is 10.1 Å². The maximum Gasteiger partial charge on any atom is 0.234 e. The van der Waals surface area contributed by atoms with Gasteiger partial charge in [0.05, 0.1) is 27.2 Å². The van der Waals surface area contributed by atoms with Crippen LogP contribution in [0, 0.1) is 0 Å². The number of amides is 1. The van der Waals surface area contributed by atoms with Crippen LogP contribution in [-0.2, 0) is 4.79 Å². The van der Waals surface area contributed by atoms with Crippen molar-refractivity contribution in [2.24, 2.45) is 0 Å². The minimum atomic E-state index is -0.00318. The van der Waals surface area contributed by atoms with E-state index in [4.69, 9.17) is 23.2 Å². The Hall–Kier alpha value is -1.15. The van der Waals surface area contributed by atoms with Crippen LogP contribution in [0.2, 0.25) is 10.0 Å². The van der Waals surface area contributed by atoms with Gasteiger partial charge in [0, 0.05) is 24.7 Å². The second kappa shape index (κ2) is 7.61. The molecule has 0 saturated heterocycles. The van der Waals surface area contributed by atoms with Crippen molar-refractivity contribution in [1.82, 2.24) is 9.97 Å². The van der Waals surface area contributed by atoms with E-state index in [2.05, 4.69) is 20.6 Å². The zero-order valence-electron chi connectivity index (χ0n) is 11.8. The van der Waals surface area contributed by atoms with Gasteiger partial charge in [-0.05, 0) is 12.1 Å². The molecule has 2 aliphatic heterocycles. The van der Waals surface area contributed by atoms with E-state index in [0.717, 1.165) is 28.0 Å². The summed E-state index contributed by atoms with van der Waals surface area (Å²) in [4.78, 5) is 19.2. The number of carbonyl (C=O) groups excluding carboxylic acids is 1. The van der Waals surface area contributed by atoms with Gasteiger partial charge in [-0.2, -0.15) is 0 Å². The fourth-order valence-corrected chi connectivity index (χ4v) is 3.81. The number of thioether (sulfide) groups is 2. The molecule has 2 N–H and O–H groups in total. The van der Waals surface area contributed by atoms with Crippen molar-refractivity contribution in [2.75, 3.05) is 28.7 Å². The second-order valence-corrected chi connectivity index (χ2v) is 7.55. The largest absolute Gasteiger partial charge is 0.382 e. The van der Waals surface area contributed by atoms with Gasteiger partial charge in [0.1, 0.15) is 10.1 Å². The molecule has 9 heteroatoms. The molecule has 23 heavy (non-hydrogen) atoms. The van der Waals surface area contributed by atoms with E-state index in [1.807, 2.05) is 6.07 Å². The topological polar surface area (TPSA) is 66.9 Å². The van der Waals surface area contributed by atoms with Gasteiger partial charge in [0.2, 0.25) is 5.91 Å². The van der Waals surface area contributed by atoms with E-state index in [9.17, 15) is 4.79 Å². The highest BCUT2D eigenvalue weighted by Crippen LogP contribution is 2.31. The maximum absolute atomic E-state index is 10.9. The molecule has 120 valence electrons. The summed E-state index contributed by atoms with van der Waals surface area (Å²) in [5.74, 6) is 1.51. The first-order valence-electron chi connectivity index (χ1n) is 6.72. The summed E-state index contributed by atoms with van der Waals surface area (Å²) >= 11 is 14.7. The van der Waals surface area contributed by atoms with Crippen molar-refractivity contribution in [3.05, 3.63) is 34.6 Å². The number of aromatic nitrogens is 2. The molecule has 5 nitrogen and oxygen atoms in total. The number of nitrogens with one attached hydrogen (secondary N) is 2. The number of rotatable bonds is 0. The standard InChI is InChI=1S/C7H5ClN2OS.C7H7ClN2S/c8-4-1-5-7(9-2-4)12-3-6(11)10-5;8-5-3-6-7(10-4-5)11-2-1-9-6/h1-2H,3H2,(H,10,11);3-4,9H,1-2H2. The Labute approximate surface area is 151 Å². The summed E-state index contributed by atoms with van der Waals surface area (Å²) in [5.41, 5.74) is 1.78. The van der Waals surface area contributed by atoms with Gasteiger partial charge in [-0.3, -0.25) is 4.79 Å². The maximum atomic E-state index is 10.9. The molecule has 1 amide bonds. The second-order valence-electron chi connectivity index (χ2n) is 4.62. The van der Waals surface area contributed by atoms with Crippen molar-refractivity contribution in [3.8, 4) is 0 Å². The van der Waals surface area contributed by atoms with Crippen LogP contribution in [-0.4, -0.2) is 33.9 Å². The number of hydrogen-bond acceptors (Lipinski definition) is 6. The van der Waals surface area contributed by atoms with Crippen LogP contribution >= 0.6 is 46.7 Å². The molecule has 0 aromatic carbocycles. The minimum absolute atomic E-state index is 0.00318. The normalized spacial score (nSPS) is 15.3. The van der Waals surface area contributed by atoms with Gasteiger partial charge in [-0.1, -0.05) is 35.0 Å². The van der Waals surface area contributed by atoms with Gasteiger partial charge < -0.3 is 10.6 Å². The predicted octanol–water partition coefficient (Wildman–Crippen LogP) is 4.03. The molecule has 0 bridgehead atoms. The number of carbonyl (C=O) groups is 1. The number of hydrogen-bond donors (Lipinski definition) is 2. The molecule has 2 aliphatic rings. The van der Waals surface area contributed by atoms with Crippen molar-refractivity contribution in [3.63, 3.8) is 0 Å². The van der Waals surface area contributed by atoms with Crippen LogP contribution in [0.1, 0.15) is 0 Å². The minimum Gasteiger partial charge on any atom is -0.382 e. The Morgan fingerprint density at radius 3 is 2.39 bits per heavy atom. The van der Waals surface area contributed by atoms with Crippen LogP contribution in [0.4, 0.5) is 11.4 Å². The third kappa shape index (κ3) is 4.44. The summed E-state index contributed by atoms with van der Waals surface area (Å²) in [6, 6.07) is 3.62. The van der Waals surface area contributed by atoms with Crippen molar-refractivity contribution < 1.29 is 4.79 Å². The monoisotopic (exact) mass is 386 g/mol. The highest BCUT2D eigenvalue weighted by molar-refractivity contribution is 8.00. The van der Waals surface area contributed by atoms with E-state index in [0.29, 0.717) is 21.5 Å². The van der Waals surface area contributed by atoms with Gasteiger partial charge in [-0.25, -0.2) is 9.97 Å². The number of nitrogens with zero attached hydrogens (tertiary/aromatic N) is 2. The van der Waals surface area contributed by atoms with Crippen LogP contribution in [0.15, 0.2) is 34.6 Å². The Morgan fingerprint density at radius 1 is 1.00 bits per heavy atom. The molecule has 2 aromatic rings. The molecule has 0 radical (unpaired) electrons. The fourth-order valence-electron chi connectivity index (χ4n) is 1.95. The first kappa shape index (κ1) is 16.7. The molecular formula is C14H12Cl2N4OS2. The van der Waals surface area contributed by atoms with E-state index in [1.54, 1.807) is 30.2 Å². The van der Waals surface area contributed by atoms with Gasteiger partial charge in [0.15, 0.2) is 0 Å². The van der Waals surface area contributed by atoms with Crippen LogP contribution in [0.5, 0.6) is 0 Å². The van der Waals surface area contributed by atoms with Gasteiger partial charge in [-0.15, -0.1) is 11.8 Å². The number of pyridine rings is 2. The average Bonchev–Trinajstić information content (AvgIpc) is 2.55. The van der Waals surface area contributed by atoms with Crippen LogP contribution in [0.3, 0.4) is 0 Å². The number of anilines is 2. The fraction of sp³-hybridized carbons (Fsp3) is 0.214. The quantitative estimate of drug-likeness (QED) is 0.712. The highest BCUT2D eigenvalue weighted by Gasteiger charge is 2.16. The SMILES string of the molecule is Clc1cnc2c(c1)NCCS2.O=C1CSc2ncc(Cl)cc2N1. The molecule has 0 fully saturated rings. The molecule has 4 rings (SSSR count). The average molecular weight is 387 g/mol. The first-order chi connectivity index (χ1) is 11.1. The Kier molecular flexibility index (Phi) is 5.53. The van der Waals surface area contributed by atoms with Gasteiger partial charge in [0.25, 0.3) is 0 Å². The zero-order chi connectivity index (χ0) is 16.2. The molecule has 2 aromatic heterocycles. The molecule has 0 atom stereocenters. The molecule has 0 unspecified atom stereocenters. The lowest BCUT2D eigenvalue weighted by molar-refractivity contribution is -0.113. The lowest BCUT2D eigenvalue weighted by Gasteiger charge is -2.15. The molecule has 0 saturated carbocycles. The third-order valence-electron chi connectivity index (χ3n) is 2.91. The summed E-state index contributed by atoms with van der Waals surface area (Å²) in [6.07, 6.45) is 3.26. The lowest BCUT2D eigenvalue weighted by Crippen LogP contribution is -2.19. The van der Waals surface area contributed by atoms with Crippen LogP contribution in [0.25, 0.3) is 0 Å². The molecule has 4 heterocycles. The van der Waals surface area contributed by atoms with Crippen LogP contribution < -0.4 is 10.6 Å². The van der Waals surface area contributed by atoms with Gasteiger partial charge >= 0.3 is 0 Å². The Morgan fingerprint density at radius 2 is 1.65 bits per heavy atom. The summed E-state index contributed by atoms with van der Waals surface area (Å²) in [5, 5.41) is 9.05. The predicted molar refractivity (Wildman–Crippen MR) is 97.1 cm³/mol. The smallest absolute Gasteiger partial charge is 0.234 e. The molecular weight excluding hydrogens is 375 g/mol. The summed E-state index contributed by atoms with van der Waals surface area (Å²) in [6.45, 7) is 1.000. The first-order valence-corrected chi connectivity index (χ1v) is 9.45. The van der Waals surface area contributed by atoms with Crippen molar-refractivity contribution in [1.29, 1.82) is 0 Å². The lowest BCUT2D eigenvalue weighted by atomic mass is 10.4. The molecule has 0 spiro atoms. The number of fused-ring (bicyclic) bond motifs is 2. The molecule has 0 aliphatic carbocycles. The van der Waals surface area contributed by atoms with E-state index in [1.165, 1.54) is 11.8 Å². The Bertz CT molecular complexity index is 745. The Balaban J connectivity index is 0.000000136. The van der Waals surface area contributed by atoms with E-state index < -0.39 is 0 Å².